The van der Waals surface area contributed by atoms with E-state index < -0.39 is 36.1 Å². The van der Waals surface area contributed by atoms with Gasteiger partial charge in [0.05, 0.1) is 6.42 Å². The van der Waals surface area contributed by atoms with Gasteiger partial charge >= 0.3 is 18.0 Å². The number of nitrogens with one attached hydrogen (secondary N) is 1. The molecular formula is C16H23NO7. The summed E-state index contributed by atoms with van der Waals surface area (Å²) in [5, 5.41) is 11.1. The van der Waals surface area contributed by atoms with Crippen molar-refractivity contribution in [3.05, 3.63) is 35.9 Å². The molecule has 0 radical (unpaired) electrons. The Kier molecular flexibility index (Phi) is 8.48. The van der Waals surface area contributed by atoms with Crippen LogP contribution in [0.4, 0.5) is 4.79 Å². The molecule has 0 saturated carbocycles. The first kappa shape index (κ1) is 21.4. The Labute approximate surface area is 140 Å². The lowest BCUT2D eigenvalue weighted by Crippen LogP contribution is -2.45. The van der Waals surface area contributed by atoms with Crippen LogP contribution < -0.4 is 5.32 Å². The van der Waals surface area contributed by atoms with Gasteiger partial charge in [-0.25, -0.2) is 9.59 Å². The third kappa shape index (κ3) is 8.74. The Bertz CT molecular complexity index is 551. The number of alkyl carbamates (subject to hydrolysis) is 1. The van der Waals surface area contributed by atoms with Gasteiger partial charge in [-0.3, -0.25) is 4.79 Å². The average molecular weight is 341 g/mol. The quantitative estimate of drug-likeness (QED) is 0.749. The highest BCUT2D eigenvalue weighted by atomic mass is 16.6. The zero-order valence-electron chi connectivity index (χ0n) is 13.9. The highest BCUT2D eigenvalue weighted by Gasteiger charge is 2.29. The van der Waals surface area contributed by atoms with Crippen molar-refractivity contribution >= 4 is 18.0 Å². The van der Waals surface area contributed by atoms with E-state index in [1.165, 1.54) is 0 Å². The van der Waals surface area contributed by atoms with E-state index in [0.717, 1.165) is 5.56 Å². The number of rotatable bonds is 6. The van der Waals surface area contributed by atoms with Gasteiger partial charge in [-0.05, 0) is 26.3 Å². The van der Waals surface area contributed by atoms with Gasteiger partial charge in [0, 0.05) is 0 Å². The lowest BCUT2D eigenvalue weighted by atomic mass is 10.1. The Hall–Kier alpha value is -2.61. The summed E-state index contributed by atoms with van der Waals surface area (Å²) >= 11 is 0. The van der Waals surface area contributed by atoms with Crippen LogP contribution in [0.2, 0.25) is 0 Å². The first-order valence-electron chi connectivity index (χ1n) is 7.09. The third-order valence-corrected chi connectivity index (χ3v) is 2.57. The molecule has 134 valence electrons. The summed E-state index contributed by atoms with van der Waals surface area (Å²) in [4.78, 5) is 34.5. The minimum Gasteiger partial charge on any atom is -0.481 e. The SMILES string of the molecule is CC(C)(C)OC(=O)[C@@H](CC(=O)O)NC(=O)OCc1ccccc1.O. The van der Waals surface area contributed by atoms with Gasteiger partial charge in [0.15, 0.2) is 0 Å². The molecular weight excluding hydrogens is 318 g/mol. The molecule has 0 aliphatic rings. The average Bonchev–Trinajstić information content (AvgIpc) is 2.43. The summed E-state index contributed by atoms with van der Waals surface area (Å²) in [5.41, 5.74) is -0.0154. The molecule has 1 rings (SSSR count). The lowest BCUT2D eigenvalue weighted by Gasteiger charge is -2.23. The monoisotopic (exact) mass is 341 g/mol. The molecule has 8 heteroatoms. The molecule has 1 aromatic carbocycles. The van der Waals surface area contributed by atoms with Gasteiger partial charge in [-0.2, -0.15) is 0 Å². The highest BCUT2D eigenvalue weighted by molar-refractivity contribution is 5.85. The molecule has 4 N–H and O–H groups in total. The number of ether oxygens (including phenoxy) is 2. The fourth-order valence-electron chi connectivity index (χ4n) is 1.65. The van der Waals surface area contributed by atoms with Crippen LogP contribution in [0.15, 0.2) is 30.3 Å². The van der Waals surface area contributed by atoms with Gasteiger partial charge in [0.25, 0.3) is 0 Å². The van der Waals surface area contributed by atoms with E-state index in [0.29, 0.717) is 0 Å². The molecule has 0 spiro atoms. The second kappa shape index (κ2) is 9.51. The van der Waals surface area contributed by atoms with Crippen LogP contribution in [-0.4, -0.2) is 40.3 Å². The van der Waals surface area contributed by atoms with Gasteiger partial charge < -0.3 is 25.4 Å². The number of hydrogen-bond acceptors (Lipinski definition) is 5. The number of amides is 1. The number of carbonyl (C=O) groups is 3. The second-order valence-corrected chi connectivity index (χ2v) is 5.89. The summed E-state index contributed by atoms with van der Waals surface area (Å²) in [5.74, 6) is -2.05. The largest absolute Gasteiger partial charge is 0.481 e. The van der Waals surface area contributed by atoms with Crippen LogP contribution in [0.5, 0.6) is 0 Å². The van der Waals surface area contributed by atoms with E-state index in [9.17, 15) is 14.4 Å². The van der Waals surface area contributed by atoms with Crippen molar-refractivity contribution in [3.8, 4) is 0 Å². The maximum atomic E-state index is 11.9. The van der Waals surface area contributed by atoms with Gasteiger partial charge in [-0.1, -0.05) is 30.3 Å². The summed E-state index contributed by atoms with van der Waals surface area (Å²) in [6.07, 6.45) is -1.47. The molecule has 0 bridgehead atoms. The Morgan fingerprint density at radius 1 is 1.17 bits per heavy atom. The van der Waals surface area contributed by atoms with E-state index in [4.69, 9.17) is 14.6 Å². The molecule has 8 nitrogen and oxygen atoms in total. The zero-order chi connectivity index (χ0) is 17.5. The molecule has 0 saturated heterocycles. The molecule has 0 aromatic heterocycles. The molecule has 0 heterocycles. The predicted octanol–water partition coefficient (Wildman–Crippen LogP) is 1.27. The van der Waals surface area contributed by atoms with Crippen LogP contribution in [0.3, 0.4) is 0 Å². The first-order chi connectivity index (χ1) is 10.7. The van der Waals surface area contributed by atoms with Crippen molar-refractivity contribution in [3.63, 3.8) is 0 Å². The van der Waals surface area contributed by atoms with Gasteiger partial charge in [-0.15, -0.1) is 0 Å². The van der Waals surface area contributed by atoms with Crippen LogP contribution in [0, 0.1) is 0 Å². The molecule has 1 amide bonds. The second-order valence-electron chi connectivity index (χ2n) is 5.89. The topological polar surface area (TPSA) is 133 Å². The normalized spacial score (nSPS) is 11.6. The lowest BCUT2D eigenvalue weighted by molar-refractivity contribution is -0.159. The van der Waals surface area contributed by atoms with E-state index in [2.05, 4.69) is 5.32 Å². The van der Waals surface area contributed by atoms with Crippen LogP contribution in [0.25, 0.3) is 0 Å². The van der Waals surface area contributed by atoms with Crippen molar-refractivity contribution in [1.82, 2.24) is 5.32 Å². The van der Waals surface area contributed by atoms with Crippen LogP contribution in [0.1, 0.15) is 32.8 Å². The fourth-order valence-corrected chi connectivity index (χ4v) is 1.65. The highest BCUT2D eigenvalue weighted by Crippen LogP contribution is 2.10. The van der Waals surface area contributed by atoms with Crippen molar-refractivity contribution in [2.45, 2.75) is 45.4 Å². The Morgan fingerprint density at radius 3 is 2.25 bits per heavy atom. The zero-order valence-corrected chi connectivity index (χ0v) is 13.9. The Morgan fingerprint density at radius 2 is 1.75 bits per heavy atom. The number of benzene rings is 1. The van der Waals surface area contributed by atoms with Crippen molar-refractivity contribution in [2.75, 3.05) is 0 Å². The summed E-state index contributed by atoms with van der Waals surface area (Å²) in [6.45, 7) is 4.96. The predicted molar refractivity (Wildman–Crippen MR) is 85.3 cm³/mol. The molecule has 0 unspecified atom stereocenters. The number of carboxylic acid groups (broad SMARTS) is 1. The van der Waals surface area contributed by atoms with Gasteiger partial charge in [0.2, 0.25) is 0 Å². The number of carboxylic acids is 1. The molecule has 0 aliphatic heterocycles. The number of esters is 1. The Balaban J connectivity index is 0.00000529. The summed E-state index contributed by atoms with van der Waals surface area (Å²) < 4.78 is 10.1. The van der Waals surface area contributed by atoms with Crippen molar-refractivity contribution in [2.24, 2.45) is 0 Å². The molecule has 24 heavy (non-hydrogen) atoms. The minimum atomic E-state index is -1.31. The molecule has 0 fully saturated rings. The van der Waals surface area contributed by atoms with Crippen LogP contribution in [-0.2, 0) is 25.7 Å². The van der Waals surface area contributed by atoms with E-state index in [-0.39, 0.29) is 12.1 Å². The first-order valence-corrected chi connectivity index (χ1v) is 7.09. The summed E-state index contributed by atoms with van der Waals surface area (Å²) in [6, 6.07) is 7.66. The number of carbonyl (C=O) groups excluding carboxylic acids is 2. The molecule has 1 atom stereocenters. The summed E-state index contributed by atoms with van der Waals surface area (Å²) in [7, 11) is 0. The van der Waals surface area contributed by atoms with E-state index in [1.54, 1.807) is 45.0 Å². The molecule has 1 aromatic rings. The van der Waals surface area contributed by atoms with Gasteiger partial charge in [0.1, 0.15) is 18.2 Å². The number of aliphatic carboxylic acids is 1. The van der Waals surface area contributed by atoms with Crippen molar-refractivity contribution in [1.29, 1.82) is 0 Å². The maximum absolute atomic E-state index is 11.9. The smallest absolute Gasteiger partial charge is 0.408 e. The molecule has 0 aliphatic carbocycles. The van der Waals surface area contributed by atoms with E-state index >= 15 is 0 Å². The van der Waals surface area contributed by atoms with Crippen molar-refractivity contribution < 1.29 is 34.4 Å². The van der Waals surface area contributed by atoms with Crippen LogP contribution >= 0.6 is 0 Å². The maximum Gasteiger partial charge on any atom is 0.408 e. The third-order valence-electron chi connectivity index (χ3n) is 2.57. The fraction of sp³-hybridized carbons (Fsp3) is 0.438. The van der Waals surface area contributed by atoms with E-state index in [1.807, 2.05) is 6.07 Å². The number of hydrogen-bond donors (Lipinski definition) is 2. The minimum absolute atomic E-state index is 0. The standard InChI is InChI=1S/C16H21NO6.H2O/c1-16(2,3)23-14(20)12(9-13(18)19)17-15(21)22-10-11-7-5-4-6-8-11;/h4-8,12H,9-10H2,1-3H3,(H,17,21)(H,18,19);1H2/t12-;/m1./s1.